The van der Waals surface area contributed by atoms with Crippen LogP contribution in [0.3, 0.4) is 0 Å². The lowest BCUT2D eigenvalue weighted by atomic mass is 10.2. The third-order valence-corrected chi connectivity index (χ3v) is 4.40. The molecule has 1 nitrogen and oxygen atoms in total. The number of hydrogen-bond acceptors (Lipinski definition) is 3. The highest BCUT2D eigenvalue weighted by atomic mass is 79.9. The zero-order chi connectivity index (χ0) is 9.97. The Kier molecular flexibility index (Phi) is 3.36. The van der Waals surface area contributed by atoms with E-state index < -0.39 is 0 Å². The van der Waals surface area contributed by atoms with E-state index in [2.05, 4.69) is 43.8 Å². The molecule has 4 heteroatoms. The SMILES string of the molecule is Cc1nc(C(Br)Cc2cccs2)cs1. The Morgan fingerprint density at radius 3 is 2.93 bits per heavy atom. The number of thiazole rings is 1. The highest BCUT2D eigenvalue weighted by Crippen LogP contribution is 2.29. The van der Waals surface area contributed by atoms with Crippen molar-refractivity contribution in [2.24, 2.45) is 0 Å². The van der Waals surface area contributed by atoms with Crippen molar-refractivity contribution in [2.75, 3.05) is 0 Å². The highest BCUT2D eigenvalue weighted by Gasteiger charge is 2.11. The van der Waals surface area contributed by atoms with Gasteiger partial charge >= 0.3 is 0 Å². The summed E-state index contributed by atoms with van der Waals surface area (Å²) >= 11 is 7.18. The Morgan fingerprint density at radius 1 is 1.50 bits per heavy atom. The van der Waals surface area contributed by atoms with Crippen LogP contribution >= 0.6 is 38.6 Å². The van der Waals surface area contributed by atoms with Gasteiger partial charge in [0.1, 0.15) is 0 Å². The minimum atomic E-state index is 0.353. The molecule has 0 radical (unpaired) electrons. The molecule has 14 heavy (non-hydrogen) atoms. The maximum absolute atomic E-state index is 4.47. The predicted molar refractivity (Wildman–Crippen MR) is 66.5 cm³/mol. The van der Waals surface area contributed by atoms with Gasteiger partial charge in [-0.3, -0.25) is 0 Å². The second-order valence-electron chi connectivity index (χ2n) is 3.04. The van der Waals surface area contributed by atoms with Crippen LogP contribution in [0.4, 0.5) is 0 Å². The summed E-state index contributed by atoms with van der Waals surface area (Å²) in [6.07, 6.45) is 1.03. The fourth-order valence-corrected chi connectivity index (χ4v) is 3.62. The molecule has 1 atom stereocenters. The molecular weight excluding hydrogens is 278 g/mol. The van der Waals surface area contributed by atoms with E-state index in [-0.39, 0.29) is 0 Å². The van der Waals surface area contributed by atoms with Crippen LogP contribution in [0.1, 0.15) is 20.4 Å². The molecule has 0 amide bonds. The van der Waals surface area contributed by atoms with Gasteiger partial charge in [-0.15, -0.1) is 22.7 Å². The average molecular weight is 288 g/mol. The summed E-state index contributed by atoms with van der Waals surface area (Å²) in [7, 11) is 0. The zero-order valence-corrected chi connectivity index (χ0v) is 11.0. The van der Waals surface area contributed by atoms with E-state index in [1.165, 1.54) is 4.88 Å². The maximum atomic E-state index is 4.47. The van der Waals surface area contributed by atoms with Crippen molar-refractivity contribution in [1.82, 2.24) is 4.98 Å². The number of halogens is 1. The minimum absolute atomic E-state index is 0.353. The van der Waals surface area contributed by atoms with Gasteiger partial charge in [-0.05, 0) is 24.8 Å². The summed E-state index contributed by atoms with van der Waals surface area (Å²) in [5.74, 6) is 0. The number of thiophene rings is 1. The highest BCUT2D eigenvalue weighted by molar-refractivity contribution is 9.09. The van der Waals surface area contributed by atoms with Gasteiger partial charge in [0, 0.05) is 10.3 Å². The van der Waals surface area contributed by atoms with Crippen LogP contribution in [0.25, 0.3) is 0 Å². The van der Waals surface area contributed by atoms with Crippen molar-refractivity contribution in [3.05, 3.63) is 38.5 Å². The lowest BCUT2D eigenvalue weighted by Gasteiger charge is -2.03. The molecule has 0 saturated heterocycles. The third-order valence-electron chi connectivity index (χ3n) is 1.92. The summed E-state index contributed by atoms with van der Waals surface area (Å²) in [6, 6.07) is 4.25. The Morgan fingerprint density at radius 2 is 2.36 bits per heavy atom. The number of aromatic nitrogens is 1. The lowest BCUT2D eigenvalue weighted by Crippen LogP contribution is -1.93. The van der Waals surface area contributed by atoms with Crippen LogP contribution in [-0.4, -0.2) is 4.98 Å². The molecule has 0 aliphatic heterocycles. The van der Waals surface area contributed by atoms with Crippen molar-refractivity contribution < 1.29 is 0 Å². The van der Waals surface area contributed by atoms with Gasteiger partial charge < -0.3 is 0 Å². The van der Waals surface area contributed by atoms with Crippen molar-refractivity contribution in [3.8, 4) is 0 Å². The number of alkyl halides is 1. The fourth-order valence-electron chi connectivity index (χ4n) is 1.23. The summed E-state index contributed by atoms with van der Waals surface area (Å²) in [5, 5.41) is 5.37. The molecule has 0 saturated carbocycles. The molecule has 0 aliphatic rings. The molecule has 0 N–H and O–H groups in total. The largest absolute Gasteiger partial charge is 0.245 e. The van der Waals surface area contributed by atoms with Crippen LogP contribution in [0, 0.1) is 6.92 Å². The summed E-state index contributed by atoms with van der Waals surface area (Å²) in [6.45, 7) is 2.04. The van der Waals surface area contributed by atoms with Gasteiger partial charge in [-0.2, -0.15) is 0 Å². The van der Waals surface area contributed by atoms with Gasteiger partial charge in [0.2, 0.25) is 0 Å². The van der Waals surface area contributed by atoms with E-state index in [0.29, 0.717) is 4.83 Å². The van der Waals surface area contributed by atoms with Crippen molar-refractivity contribution in [1.29, 1.82) is 0 Å². The fraction of sp³-hybridized carbons (Fsp3) is 0.300. The van der Waals surface area contributed by atoms with Crippen molar-refractivity contribution >= 4 is 38.6 Å². The number of hydrogen-bond donors (Lipinski definition) is 0. The molecule has 0 fully saturated rings. The summed E-state index contributed by atoms with van der Waals surface area (Å²) < 4.78 is 0. The quantitative estimate of drug-likeness (QED) is 0.772. The second kappa shape index (κ2) is 4.55. The molecule has 0 aromatic carbocycles. The van der Waals surface area contributed by atoms with E-state index >= 15 is 0 Å². The van der Waals surface area contributed by atoms with E-state index in [0.717, 1.165) is 17.1 Å². The second-order valence-corrected chi connectivity index (χ2v) is 6.24. The first kappa shape index (κ1) is 10.3. The first-order valence-corrected chi connectivity index (χ1v) is 7.01. The summed E-state index contributed by atoms with van der Waals surface area (Å²) in [5.41, 5.74) is 1.15. The van der Waals surface area contributed by atoms with E-state index in [9.17, 15) is 0 Å². The smallest absolute Gasteiger partial charge is 0.0897 e. The predicted octanol–water partition coefficient (Wildman–Crippen LogP) is 4.19. The van der Waals surface area contributed by atoms with Crippen LogP contribution in [0.15, 0.2) is 22.9 Å². The van der Waals surface area contributed by atoms with Gasteiger partial charge in [0.25, 0.3) is 0 Å². The monoisotopic (exact) mass is 287 g/mol. The molecule has 2 aromatic rings. The lowest BCUT2D eigenvalue weighted by molar-refractivity contribution is 0.924. The Hall–Kier alpha value is -0.190. The number of rotatable bonds is 3. The molecule has 1 unspecified atom stereocenters. The Labute approximate surface area is 100.0 Å². The molecule has 0 bridgehead atoms. The molecule has 0 aliphatic carbocycles. The first-order chi connectivity index (χ1) is 6.75. The number of aryl methyl sites for hydroxylation is 1. The van der Waals surface area contributed by atoms with Crippen molar-refractivity contribution in [2.45, 2.75) is 18.2 Å². The van der Waals surface area contributed by atoms with Crippen LogP contribution in [-0.2, 0) is 6.42 Å². The van der Waals surface area contributed by atoms with Gasteiger partial charge in [-0.1, -0.05) is 22.0 Å². The van der Waals surface area contributed by atoms with E-state index in [4.69, 9.17) is 0 Å². The molecule has 2 heterocycles. The van der Waals surface area contributed by atoms with Gasteiger partial charge in [-0.25, -0.2) is 4.98 Å². The molecular formula is C10H10BrNS2. The standard InChI is InChI=1S/C10H10BrNS2/c1-7-12-10(6-14-7)9(11)5-8-3-2-4-13-8/h2-4,6,9H,5H2,1H3. The third kappa shape index (κ3) is 2.43. The van der Waals surface area contributed by atoms with Crippen LogP contribution < -0.4 is 0 Å². The maximum Gasteiger partial charge on any atom is 0.0897 e. The molecule has 0 spiro atoms. The van der Waals surface area contributed by atoms with Gasteiger partial charge in [0.15, 0.2) is 0 Å². The summed E-state index contributed by atoms with van der Waals surface area (Å²) in [4.78, 5) is 6.22. The Balaban J connectivity index is 2.06. The zero-order valence-electron chi connectivity index (χ0n) is 7.74. The van der Waals surface area contributed by atoms with Crippen LogP contribution in [0.5, 0.6) is 0 Å². The van der Waals surface area contributed by atoms with Gasteiger partial charge in [0.05, 0.1) is 15.5 Å². The topological polar surface area (TPSA) is 12.9 Å². The van der Waals surface area contributed by atoms with Crippen LogP contribution in [0.2, 0.25) is 0 Å². The molecule has 2 rings (SSSR count). The van der Waals surface area contributed by atoms with Crippen molar-refractivity contribution in [3.63, 3.8) is 0 Å². The average Bonchev–Trinajstić information content (AvgIpc) is 2.75. The number of nitrogens with zero attached hydrogens (tertiary/aromatic N) is 1. The molecule has 2 aromatic heterocycles. The van der Waals surface area contributed by atoms with E-state index in [1.807, 2.05) is 6.92 Å². The Bertz CT molecular complexity index is 394. The van der Waals surface area contributed by atoms with E-state index in [1.54, 1.807) is 22.7 Å². The normalized spacial score (nSPS) is 13.0. The minimum Gasteiger partial charge on any atom is -0.245 e. The molecule has 74 valence electrons. The first-order valence-electron chi connectivity index (χ1n) is 4.34.